The van der Waals surface area contributed by atoms with Crippen molar-refractivity contribution in [1.82, 2.24) is 4.90 Å². The quantitative estimate of drug-likeness (QED) is 0.211. The van der Waals surface area contributed by atoms with E-state index in [1.807, 2.05) is 4.90 Å². The summed E-state index contributed by atoms with van der Waals surface area (Å²) in [5.41, 5.74) is 2.23. The minimum atomic E-state index is 0.229. The van der Waals surface area contributed by atoms with Crippen molar-refractivity contribution in [2.45, 2.75) is 149 Å². The number of halogens is 1. The van der Waals surface area contributed by atoms with Gasteiger partial charge >= 0.3 is 0 Å². The number of hydrogen-bond acceptors (Lipinski definition) is 4. The summed E-state index contributed by atoms with van der Waals surface area (Å²) in [7, 11) is 0. The maximum absolute atomic E-state index is 12.9. The first-order valence-electron chi connectivity index (χ1n) is 17.7. The number of nitrogens with zero attached hydrogens (tertiary/aromatic N) is 3. The van der Waals surface area contributed by atoms with Gasteiger partial charge in [-0.1, -0.05) is 85.4 Å². The van der Waals surface area contributed by atoms with Crippen LogP contribution in [0.4, 0.5) is 0 Å². The molecule has 1 amide bonds. The van der Waals surface area contributed by atoms with E-state index < -0.39 is 0 Å². The summed E-state index contributed by atoms with van der Waals surface area (Å²) in [6.07, 6.45) is 18.7. The number of thioether (sulfide) groups is 1. The Bertz CT molecular complexity index is 1090. The van der Waals surface area contributed by atoms with Gasteiger partial charge in [-0.3, -0.25) is 9.69 Å². The Kier molecular flexibility index (Phi) is 8.98. The average Bonchev–Trinajstić information content (AvgIpc) is 3.66. The third-order valence-electron chi connectivity index (χ3n) is 13.9. The molecule has 6 fully saturated rings. The zero-order chi connectivity index (χ0) is 29.9. The van der Waals surface area contributed by atoms with Crippen molar-refractivity contribution in [3.8, 4) is 0 Å². The van der Waals surface area contributed by atoms with Gasteiger partial charge in [-0.15, -0.1) is 16.7 Å². The van der Waals surface area contributed by atoms with Crippen LogP contribution < -0.4 is 0 Å². The lowest BCUT2D eigenvalue weighted by Gasteiger charge is -2.66. The third-order valence-corrected chi connectivity index (χ3v) is 15.2. The van der Waals surface area contributed by atoms with Crippen LogP contribution in [0, 0.1) is 51.8 Å². The van der Waals surface area contributed by atoms with E-state index in [0.717, 1.165) is 66.9 Å². The molecule has 0 aromatic heterocycles. The van der Waals surface area contributed by atoms with E-state index in [0.29, 0.717) is 23.1 Å². The Labute approximate surface area is 266 Å². The van der Waals surface area contributed by atoms with Crippen LogP contribution in [0.3, 0.4) is 0 Å². The van der Waals surface area contributed by atoms with Crippen LogP contribution in [-0.4, -0.2) is 38.9 Å². The van der Waals surface area contributed by atoms with Gasteiger partial charge in [-0.2, -0.15) is 5.10 Å². The van der Waals surface area contributed by atoms with Crippen molar-refractivity contribution in [3.63, 3.8) is 0 Å². The number of amides is 1. The van der Waals surface area contributed by atoms with Gasteiger partial charge in [0, 0.05) is 23.0 Å². The van der Waals surface area contributed by atoms with E-state index in [2.05, 4.69) is 41.5 Å². The first-order valence-corrected chi connectivity index (χ1v) is 19.1. The monoisotopic (exact) mass is 615 g/mol. The van der Waals surface area contributed by atoms with Gasteiger partial charge in [0.1, 0.15) is 0 Å². The molecule has 0 aromatic carbocycles. The Hall–Kier alpha value is -0.550. The first-order chi connectivity index (χ1) is 20.0. The summed E-state index contributed by atoms with van der Waals surface area (Å²) in [6.45, 7) is 15.3. The van der Waals surface area contributed by atoms with Gasteiger partial charge in [0.05, 0.1) is 5.75 Å². The predicted octanol–water partition coefficient (Wildman–Crippen LogP) is 9.95. The second kappa shape index (κ2) is 12.0. The molecule has 6 aliphatic rings. The lowest BCUT2D eigenvalue weighted by molar-refractivity contribution is -0.134. The van der Waals surface area contributed by atoms with Crippen molar-refractivity contribution in [2.75, 3.05) is 5.75 Å². The molecule has 0 N–H and O–H groups in total. The maximum atomic E-state index is 12.9. The summed E-state index contributed by atoms with van der Waals surface area (Å²) in [5.74, 6) is 5.11. The van der Waals surface area contributed by atoms with Crippen LogP contribution in [0.1, 0.15) is 138 Å². The predicted molar refractivity (Wildman–Crippen MR) is 179 cm³/mol. The number of fused-ring (bicyclic) bond motifs is 5. The summed E-state index contributed by atoms with van der Waals surface area (Å²) in [6, 6.07) is 0.323. The molecule has 4 nitrogen and oxygen atoms in total. The van der Waals surface area contributed by atoms with E-state index in [1.165, 1.54) is 69.9 Å². The van der Waals surface area contributed by atoms with Crippen molar-refractivity contribution in [1.29, 1.82) is 0 Å². The largest absolute Gasteiger partial charge is 0.286 e. The fourth-order valence-corrected chi connectivity index (χ4v) is 13.1. The highest BCUT2D eigenvalue weighted by molar-refractivity contribution is 8.15. The van der Waals surface area contributed by atoms with E-state index in [-0.39, 0.29) is 22.1 Å². The molecule has 9 atom stereocenters. The molecule has 0 spiro atoms. The summed E-state index contributed by atoms with van der Waals surface area (Å²) < 4.78 is 0. The molecule has 1 aliphatic heterocycles. The number of amidine groups is 1. The standard InChI is InChI=1S/C36H58ClN3OS/c1-23(2)10-9-11-24(3)27-14-15-30-34(27,4)19-17-31-35(5)18-16-25(37)20-28(35)29(21-36(30,31)6)38-39-33-40(32(41)22-42-33)26-12-7-8-13-26/h23-28,30-31H,7-22H2,1-6H3/b38-29-,39-33-/t24-,25+,27-,28-,30-,31-,34-,35+,36+/m1/s1. The highest BCUT2D eigenvalue weighted by Crippen LogP contribution is 2.72. The first kappa shape index (κ1) is 31.4. The SMILES string of the molecule is CC(C)CCC[C@@H](C)[C@H]1CC[C@H]2[C@]3(C)C/C(=N/N=C4\SCC(=O)N4C4CCCC4)[C@H]4C[C@@H](Cl)CC[C@]4(C)[C@H]3CC[C@@]21C. The normalized spacial score (nSPS) is 45.1. The topological polar surface area (TPSA) is 45.0 Å². The lowest BCUT2D eigenvalue weighted by Crippen LogP contribution is -2.61. The number of carbonyl (C=O) groups excluding carboxylic acids is 1. The van der Waals surface area contributed by atoms with Gasteiger partial charge in [-0.25, -0.2) is 0 Å². The molecule has 5 saturated carbocycles. The highest BCUT2D eigenvalue weighted by Gasteiger charge is 2.66. The summed E-state index contributed by atoms with van der Waals surface area (Å²) >= 11 is 8.51. The van der Waals surface area contributed by atoms with Crippen molar-refractivity contribution in [3.05, 3.63) is 0 Å². The minimum Gasteiger partial charge on any atom is -0.286 e. The molecular formula is C36H58ClN3OS. The third kappa shape index (κ3) is 5.35. The molecule has 6 heteroatoms. The van der Waals surface area contributed by atoms with Crippen molar-refractivity contribution < 1.29 is 4.79 Å². The molecular weight excluding hydrogens is 558 g/mol. The van der Waals surface area contributed by atoms with Gasteiger partial charge in [-0.05, 0) is 110 Å². The smallest absolute Gasteiger partial charge is 0.239 e. The zero-order valence-corrected chi connectivity index (χ0v) is 29.0. The van der Waals surface area contributed by atoms with Crippen LogP contribution in [0.25, 0.3) is 0 Å². The van der Waals surface area contributed by atoms with Crippen LogP contribution in [0.15, 0.2) is 10.2 Å². The maximum Gasteiger partial charge on any atom is 0.239 e. The van der Waals surface area contributed by atoms with Crippen molar-refractivity contribution in [2.24, 2.45) is 62.0 Å². The summed E-state index contributed by atoms with van der Waals surface area (Å²) in [4.78, 5) is 14.9. The number of carbonyl (C=O) groups is 1. The van der Waals surface area contributed by atoms with Crippen LogP contribution in [0.2, 0.25) is 0 Å². The minimum absolute atomic E-state index is 0.229. The Morgan fingerprint density at radius 2 is 1.62 bits per heavy atom. The van der Waals surface area contributed by atoms with E-state index >= 15 is 0 Å². The molecule has 0 bridgehead atoms. The number of hydrogen-bond donors (Lipinski definition) is 0. The molecule has 0 radical (unpaired) electrons. The molecule has 42 heavy (non-hydrogen) atoms. The number of alkyl halides is 1. The molecule has 0 unspecified atom stereocenters. The average molecular weight is 616 g/mol. The van der Waals surface area contributed by atoms with Gasteiger partial charge < -0.3 is 0 Å². The second-order valence-electron chi connectivity index (χ2n) is 16.7. The van der Waals surface area contributed by atoms with E-state index in [9.17, 15) is 4.79 Å². The zero-order valence-electron chi connectivity index (χ0n) is 27.5. The van der Waals surface area contributed by atoms with E-state index in [4.69, 9.17) is 21.8 Å². The van der Waals surface area contributed by atoms with Crippen LogP contribution in [0.5, 0.6) is 0 Å². The Balaban J connectivity index is 1.31. The summed E-state index contributed by atoms with van der Waals surface area (Å²) in [5, 5.41) is 11.3. The Morgan fingerprint density at radius 1 is 0.905 bits per heavy atom. The van der Waals surface area contributed by atoms with Crippen LogP contribution in [-0.2, 0) is 4.79 Å². The van der Waals surface area contributed by atoms with Gasteiger partial charge in [0.2, 0.25) is 5.91 Å². The molecule has 0 aromatic rings. The fourth-order valence-electron chi connectivity index (χ4n) is 12.0. The lowest BCUT2D eigenvalue weighted by atomic mass is 9.39. The molecule has 5 aliphatic carbocycles. The fraction of sp³-hybridized carbons (Fsp3) is 0.917. The molecule has 236 valence electrons. The molecule has 6 rings (SSSR count). The van der Waals surface area contributed by atoms with E-state index in [1.54, 1.807) is 11.8 Å². The Morgan fingerprint density at radius 3 is 2.36 bits per heavy atom. The molecule has 1 heterocycles. The van der Waals surface area contributed by atoms with Gasteiger partial charge in [0.15, 0.2) is 5.17 Å². The highest BCUT2D eigenvalue weighted by atomic mass is 35.5. The molecule has 1 saturated heterocycles. The van der Waals surface area contributed by atoms with Crippen LogP contribution >= 0.6 is 23.4 Å². The van der Waals surface area contributed by atoms with Gasteiger partial charge in [0.25, 0.3) is 0 Å². The second-order valence-corrected chi connectivity index (χ2v) is 18.3. The van der Waals surface area contributed by atoms with Crippen molar-refractivity contribution >= 4 is 40.1 Å². The number of rotatable bonds is 7.